The van der Waals surface area contributed by atoms with Crippen LogP contribution in [0.15, 0.2) is 18.3 Å². The van der Waals surface area contributed by atoms with Crippen molar-refractivity contribution in [3.8, 4) is 0 Å². The van der Waals surface area contributed by atoms with Gasteiger partial charge in [0.1, 0.15) is 10.8 Å². The standard InChI is InChI=1S/C14H22N4S/c1-17-7-5-11(6-8-17)10-18(2)13-4-3-12(9-16-13)14(15)19/h3-4,9,11H,5-8,10H2,1-2H3,(H2,15,19). The molecule has 0 amide bonds. The van der Waals surface area contributed by atoms with Crippen molar-refractivity contribution in [2.45, 2.75) is 12.8 Å². The van der Waals surface area contributed by atoms with Crippen LogP contribution in [0.4, 0.5) is 5.82 Å². The summed E-state index contributed by atoms with van der Waals surface area (Å²) in [5.41, 5.74) is 6.40. The van der Waals surface area contributed by atoms with Gasteiger partial charge < -0.3 is 15.5 Å². The third-order valence-corrected chi connectivity index (χ3v) is 4.03. The van der Waals surface area contributed by atoms with Crippen LogP contribution in [0.5, 0.6) is 0 Å². The van der Waals surface area contributed by atoms with Crippen LogP contribution < -0.4 is 10.6 Å². The van der Waals surface area contributed by atoms with Crippen LogP contribution in [0.2, 0.25) is 0 Å². The molecule has 0 spiro atoms. The summed E-state index contributed by atoms with van der Waals surface area (Å²) in [4.78, 5) is 9.44. The molecule has 1 fully saturated rings. The van der Waals surface area contributed by atoms with Crippen LogP contribution in [0.3, 0.4) is 0 Å². The Morgan fingerprint density at radius 1 is 1.47 bits per heavy atom. The lowest BCUT2D eigenvalue weighted by Gasteiger charge is -2.32. The molecule has 4 nitrogen and oxygen atoms in total. The van der Waals surface area contributed by atoms with Crippen molar-refractivity contribution < 1.29 is 0 Å². The summed E-state index contributed by atoms with van der Waals surface area (Å²) in [7, 11) is 4.29. The Kier molecular flexibility index (Phi) is 4.71. The Morgan fingerprint density at radius 2 is 2.16 bits per heavy atom. The lowest BCUT2D eigenvalue weighted by molar-refractivity contribution is 0.222. The number of hydrogen-bond donors (Lipinski definition) is 1. The second kappa shape index (κ2) is 6.30. The first-order chi connectivity index (χ1) is 9.06. The minimum absolute atomic E-state index is 0.400. The highest BCUT2D eigenvalue weighted by molar-refractivity contribution is 7.80. The van der Waals surface area contributed by atoms with E-state index in [4.69, 9.17) is 18.0 Å². The normalized spacial score (nSPS) is 17.4. The number of likely N-dealkylation sites (tertiary alicyclic amines) is 1. The highest BCUT2D eigenvalue weighted by Gasteiger charge is 2.18. The Labute approximate surface area is 120 Å². The van der Waals surface area contributed by atoms with Crippen LogP contribution in [0, 0.1) is 5.92 Å². The summed E-state index contributed by atoms with van der Waals surface area (Å²) in [6.45, 7) is 3.46. The molecule has 0 radical (unpaired) electrons. The third kappa shape index (κ3) is 3.88. The van der Waals surface area contributed by atoms with Gasteiger partial charge in [0.2, 0.25) is 0 Å². The van der Waals surface area contributed by atoms with Gasteiger partial charge in [0.05, 0.1) is 0 Å². The van der Waals surface area contributed by atoms with Gasteiger partial charge in [-0.15, -0.1) is 0 Å². The molecule has 1 saturated heterocycles. The minimum atomic E-state index is 0.400. The number of thiocarbonyl (C=S) groups is 1. The molecule has 104 valence electrons. The van der Waals surface area contributed by atoms with Crippen molar-refractivity contribution in [1.29, 1.82) is 0 Å². The van der Waals surface area contributed by atoms with E-state index in [1.54, 1.807) is 6.20 Å². The van der Waals surface area contributed by atoms with Crippen LogP contribution in [-0.2, 0) is 0 Å². The molecular formula is C14H22N4S. The first kappa shape index (κ1) is 14.2. The Morgan fingerprint density at radius 3 is 2.68 bits per heavy atom. The second-order valence-corrected chi connectivity index (χ2v) is 5.84. The quantitative estimate of drug-likeness (QED) is 0.846. The molecule has 0 aliphatic carbocycles. The highest BCUT2D eigenvalue weighted by Crippen LogP contribution is 2.19. The van der Waals surface area contributed by atoms with Gasteiger partial charge in [-0.3, -0.25) is 0 Å². The zero-order valence-corrected chi connectivity index (χ0v) is 12.5. The molecule has 0 aromatic carbocycles. The summed E-state index contributed by atoms with van der Waals surface area (Å²) in [6, 6.07) is 3.93. The monoisotopic (exact) mass is 278 g/mol. The molecule has 2 rings (SSSR count). The average Bonchev–Trinajstić information content (AvgIpc) is 2.41. The van der Waals surface area contributed by atoms with Crippen LogP contribution in [0.25, 0.3) is 0 Å². The number of piperidine rings is 1. The van der Waals surface area contributed by atoms with E-state index in [1.165, 1.54) is 25.9 Å². The molecule has 2 heterocycles. The average molecular weight is 278 g/mol. The van der Waals surface area contributed by atoms with Crippen LogP contribution in [-0.4, -0.2) is 48.6 Å². The summed E-state index contributed by atoms with van der Waals surface area (Å²) in [5, 5.41) is 0. The molecule has 0 unspecified atom stereocenters. The summed E-state index contributed by atoms with van der Waals surface area (Å²) in [6.07, 6.45) is 4.29. The zero-order chi connectivity index (χ0) is 13.8. The van der Waals surface area contributed by atoms with Crippen molar-refractivity contribution >= 4 is 23.0 Å². The summed E-state index contributed by atoms with van der Waals surface area (Å²) < 4.78 is 0. The molecule has 2 N–H and O–H groups in total. The molecule has 0 atom stereocenters. The number of nitrogens with two attached hydrogens (primary N) is 1. The van der Waals surface area contributed by atoms with Gasteiger partial charge in [-0.2, -0.15) is 0 Å². The number of nitrogens with zero attached hydrogens (tertiary/aromatic N) is 3. The van der Waals surface area contributed by atoms with Crippen molar-refractivity contribution in [2.24, 2.45) is 11.7 Å². The van der Waals surface area contributed by atoms with Gasteiger partial charge in [-0.25, -0.2) is 4.98 Å². The number of aromatic nitrogens is 1. The molecule has 19 heavy (non-hydrogen) atoms. The maximum Gasteiger partial charge on any atom is 0.128 e. The smallest absolute Gasteiger partial charge is 0.128 e. The van der Waals surface area contributed by atoms with Crippen LogP contribution in [0.1, 0.15) is 18.4 Å². The third-order valence-electron chi connectivity index (χ3n) is 3.79. The van der Waals surface area contributed by atoms with Gasteiger partial charge in [-0.1, -0.05) is 12.2 Å². The molecule has 1 aromatic rings. The zero-order valence-electron chi connectivity index (χ0n) is 11.7. The van der Waals surface area contributed by atoms with E-state index in [9.17, 15) is 0 Å². The van der Waals surface area contributed by atoms with E-state index in [2.05, 4.69) is 28.9 Å². The Bertz CT molecular complexity index is 424. The molecule has 5 heteroatoms. The highest BCUT2D eigenvalue weighted by atomic mass is 32.1. The van der Waals surface area contributed by atoms with E-state index in [-0.39, 0.29) is 0 Å². The lowest BCUT2D eigenvalue weighted by Crippen LogP contribution is -2.36. The van der Waals surface area contributed by atoms with Gasteiger partial charge in [0.15, 0.2) is 0 Å². The minimum Gasteiger partial charge on any atom is -0.389 e. The number of pyridine rings is 1. The molecule has 1 aliphatic heterocycles. The predicted octanol–water partition coefficient (Wildman–Crippen LogP) is 1.49. The van der Waals surface area contributed by atoms with E-state index < -0.39 is 0 Å². The fourth-order valence-electron chi connectivity index (χ4n) is 2.48. The summed E-state index contributed by atoms with van der Waals surface area (Å²) in [5.74, 6) is 1.75. The number of anilines is 1. The van der Waals surface area contributed by atoms with Gasteiger partial charge in [0, 0.05) is 25.4 Å². The molecule has 1 aliphatic rings. The van der Waals surface area contributed by atoms with Crippen molar-refractivity contribution in [3.05, 3.63) is 23.9 Å². The maximum atomic E-state index is 5.58. The van der Waals surface area contributed by atoms with E-state index in [1.807, 2.05) is 12.1 Å². The predicted molar refractivity (Wildman–Crippen MR) is 83.6 cm³/mol. The summed E-state index contributed by atoms with van der Waals surface area (Å²) >= 11 is 4.93. The fraction of sp³-hybridized carbons (Fsp3) is 0.571. The fourth-order valence-corrected chi connectivity index (χ4v) is 2.60. The Balaban J connectivity index is 1.92. The van der Waals surface area contributed by atoms with Gasteiger partial charge in [0.25, 0.3) is 0 Å². The van der Waals surface area contributed by atoms with Gasteiger partial charge >= 0.3 is 0 Å². The molecular weight excluding hydrogens is 256 g/mol. The first-order valence-corrected chi connectivity index (χ1v) is 7.12. The van der Waals surface area contributed by atoms with Crippen molar-refractivity contribution in [3.63, 3.8) is 0 Å². The SMILES string of the molecule is CN1CCC(CN(C)c2ccc(C(N)=S)cn2)CC1. The number of rotatable bonds is 4. The van der Waals surface area contributed by atoms with Gasteiger partial charge in [-0.05, 0) is 51.0 Å². The van der Waals surface area contributed by atoms with Crippen molar-refractivity contribution in [1.82, 2.24) is 9.88 Å². The molecule has 0 saturated carbocycles. The van der Waals surface area contributed by atoms with E-state index >= 15 is 0 Å². The lowest BCUT2D eigenvalue weighted by atomic mass is 9.97. The molecule has 0 bridgehead atoms. The van der Waals surface area contributed by atoms with E-state index in [0.717, 1.165) is 23.8 Å². The van der Waals surface area contributed by atoms with Crippen molar-refractivity contribution in [2.75, 3.05) is 38.6 Å². The van der Waals surface area contributed by atoms with E-state index in [0.29, 0.717) is 4.99 Å². The number of hydrogen-bond acceptors (Lipinski definition) is 4. The maximum absolute atomic E-state index is 5.58. The molecule has 1 aromatic heterocycles. The first-order valence-electron chi connectivity index (χ1n) is 6.72. The van der Waals surface area contributed by atoms with Crippen LogP contribution >= 0.6 is 12.2 Å². The Hall–Kier alpha value is -1.20. The topological polar surface area (TPSA) is 45.4 Å². The second-order valence-electron chi connectivity index (χ2n) is 5.40. The largest absolute Gasteiger partial charge is 0.389 e.